The second-order valence-corrected chi connectivity index (χ2v) is 9.15. The van der Waals surface area contributed by atoms with Gasteiger partial charge >= 0.3 is 23.9 Å². The van der Waals surface area contributed by atoms with Crippen LogP contribution in [0.3, 0.4) is 0 Å². The zero-order valence-corrected chi connectivity index (χ0v) is 22.4. The maximum absolute atomic E-state index is 13.0. The number of ether oxygens (including phenoxy) is 2. The maximum Gasteiger partial charge on any atom is 0.336 e. The molecular weight excluding hydrogens is 488 g/mol. The molecule has 0 unspecified atom stereocenters. The topological polar surface area (TPSA) is 127 Å². The molecule has 2 atom stereocenters. The number of aromatic carboxylic acids is 2. The number of esters is 2. The van der Waals surface area contributed by atoms with Gasteiger partial charge in [-0.2, -0.15) is 0 Å². The van der Waals surface area contributed by atoms with Gasteiger partial charge in [0.2, 0.25) is 0 Å². The van der Waals surface area contributed by atoms with Crippen molar-refractivity contribution >= 4 is 34.6 Å². The average molecular weight is 525 g/mol. The standard InChI is InChI=1S/C30H36O8/c1-5-7-9-11-15-37-29(35)19(3)24-18-22-17-21(27(31)32)13-14-23(22)25(26(24)28(33)34)20(4)30(36)38-16-12-10-8-6-2/h11-20H,5-10H2,1-4H3,(H,31,32)(H,33,34)/b15-11+,16-12+/t19-,20-/m0/s1. The van der Waals surface area contributed by atoms with Crippen LogP contribution in [-0.2, 0) is 19.1 Å². The molecule has 0 saturated heterocycles. The molecular formula is C30H36O8. The molecule has 2 aromatic carbocycles. The Kier molecular flexibility index (Phi) is 11.7. The summed E-state index contributed by atoms with van der Waals surface area (Å²) < 4.78 is 10.5. The van der Waals surface area contributed by atoms with Crippen LogP contribution in [0.4, 0.5) is 0 Å². The number of allylic oxidation sites excluding steroid dienone is 2. The molecule has 0 heterocycles. The zero-order chi connectivity index (χ0) is 28.2. The molecule has 0 spiro atoms. The first kappa shape index (κ1) is 30.3. The molecule has 0 amide bonds. The van der Waals surface area contributed by atoms with E-state index in [-0.39, 0.29) is 22.3 Å². The average Bonchev–Trinajstić information content (AvgIpc) is 2.90. The Morgan fingerprint density at radius 3 is 1.87 bits per heavy atom. The van der Waals surface area contributed by atoms with Gasteiger partial charge < -0.3 is 19.7 Å². The van der Waals surface area contributed by atoms with Crippen LogP contribution in [0.2, 0.25) is 0 Å². The number of hydrogen-bond acceptors (Lipinski definition) is 6. The van der Waals surface area contributed by atoms with Crippen molar-refractivity contribution in [1.29, 1.82) is 0 Å². The summed E-state index contributed by atoms with van der Waals surface area (Å²) in [6.45, 7) is 7.13. The van der Waals surface area contributed by atoms with Crippen LogP contribution >= 0.6 is 0 Å². The normalized spacial score (nSPS) is 13.1. The summed E-state index contributed by atoms with van der Waals surface area (Å²) >= 11 is 0. The highest BCUT2D eigenvalue weighted by atomic mass is 16.5. The predicted molar refractivity (Wildman–Crippen MR) is 144 cm³/mol. The third-order valence-corrected chi connectivity index (χ3v) is 6.29. The number of rotatable bonds is 14. The van der Waals surface area contributed by atoms with Crippen molar-refractivity contribution in [3.8, 4) is 0 Å². The zero-order valence-electron chi connectivity index (χ0n) is 22.4. The summed E-state index contributed by atoms with van der Waals surface area (Å²) in [5, 5.41) is 20.5. The number of hydrogen-bond donors (Lipinski definition) is 2. The molecule has 0 aliphatic rings. The van der Waals surface area contributed by atoms with E-state index in [9.17, 15) is 29.4 Å². The van der Waals surface area contributed by atoms with Crippen LogP contribution < -0.4 is 0 Å². The number of benzene rings is 2. The van der Waals surface area contributed by atoms with Gasteiger partial charge in [-0.25, -0.2) is 9.59 Å². The lowest BCUT2D eigenvalue weighted by molar-refractivity contribution is -0.140. The minimum atomic E-state index is -1.32. The van der Waals surface area contributed by atoms with Crippen LogP contribution in [-0.4, -0.2) is 34.1 Å². The highest BCUT2D eigenvalue weighted by Crippen LogP contribution is 2.37. The molecule has 0 aromatic heterocycles. The van der Waals surface area contributed by atoms with Gasteiger partial charge in [0.1, 0.15) is 0 Å². The van der Waals surface area contributed by atoms with Gasteiger partial charge in [0.05, 0.1) is 35.5 Å². The van der Waals surface area contributed by atoms with Crippen LogP contribution in [0, 0.1) is 0 Å². The van der Waals surface area contributed by atoms with Crippen molar-refractivity contribution in [3.05, 3.63) is 71.2 Å². The van der Waals surface area contributed by atoms with Gasteiger partial charge in [-0.1, -0.05) is 32.8 Å². The number of carboxylic acids is 2. The highest BCUT2D eigenvalue weighted by molar-refractivity contribution is 6.05. The molecule has 2 rings (SSSR count). The first-order chi connectivity index (χ1) is 18.1. The Morgan fingerprint density at radius 2 is 1.37 bits per heavy atom. The van der Waals surface area contributed by atoms with Gasteiger partial charge in [0.25, 0.3) is 0 Å². The summed E-state index contributed by atoms with van der Waals surface area (Å²) in [7, 11) is 0. The summed E-state index contributed by atoms with van der Waals surface area (Å²) in [5.74, 6) is -5.86. The van der Waals surface area contributed by atoms with Gasteiger partial charge in [0.15, 0.2) is 0 Å². The second kappa shape index (κ2) is 14.7. The minimum Gasteiger partial charge on any atom is -0.478 e. The van der Waals surface area contributed by atoms with E-state index in [1.807, 2.05) is 13.8 Å². The van der Waals surface area contributed by atoms with Crippen LogP contribution in [0.15, 0.2) is 48.9 Å². The molecule has 0 aliphatic carbocycles. The fourth-order valence-electron chi connectivity index (χ4n) is 4.08. The maximum atomic E-state index is 13.0. The third kappa shape index (κ3) is 7.78. The van der Waals surface area contributed by atoms with Crippen molar-refractivity contribution < 1.29 is 38.9 Å². The number of carbonyl (C=O) groups excluding carboxylic acids is 2. The second-order valence-electron chi connectivity index (χ2n) is 9.15. The Hall–Kier alpha value is -3.94. The molecule has 0 aliphatic heterocycles. The van der Waals surface area contributed by atoms with Gasteiger partial charge in [0, 0.05) is 0 Å². The number of fused-ring (bicyclic) bond motifs is 1. The molecule has 204 valence electrons. The quantitative estimate of drug-likeness (QED) is 0.155. The predicted octanol–water partition coefficient (Wildman–Crippen LogP) is 6.94. The van der Waals surface area contributed by atoms with Crippen LogP contribution in [0.5, 0.6) is 0 Å². The van der Waals surface area contributed by atoms with E-state index in [0.717, 1.165) is 38.5 Å². The van der Waals surface area contributed by atoms with Crippen molar-refractivity contribution in [2.45, 2.75) is 78.1 Å². The van der Waals surface area contributed by atoms with Crippen molar-refractivity contribution in [1.82, 2.24) is 0 Å². The van der Waals surface area contributed by atoms with E-state index in [1.54, 1.807) is 12.2 Å². The van der Waals surface area contributed by atoms with E-state index >= 15 is 0 Å². The minimum absolute atomic E-state index is 0.0133. The summed E-state index contributed by atoms with van der Waals surface area (Å²) in [4.78, 5) is 50.0. The lowest BCUT2D eigenvalue weighted by atomic mass is 9.83. The van der Waals surface area contributed by atoms with Gasteiger partial charge in [-0.15, -0.1) is 0 Å². The lowest BCUT2D eigenvalue weighted by Crippen LogP contribution is -2.20. The third-order valence-electron chi connectivity index (χ3n) is 6.29. The smallest absolute Gasteiger partial charge is 0.336 e. The van der Waals surface area contributed by atoms with E-state index in [0.29, 0.717) is 10.8 Å². The van der Waals surface area contributed by atoms with E-state index in [2.05, 4.69) is 0 Å². The van der Waals surface area contributed by atoms with Gasteiger partial charge in [-0.3, -0.25) is 9.59 Å². The molecule has 0 radical (unpaired) electrons. The monoisotopic (exact) mass is 524 g/mol. The number of carbonyl (C=O) groups is 4. The molecule has 0 bridgehead atoms. The van der Waals surface area contributed by atoms with Gasteiger partial charge in [-0.05, 0) is 91.8 Å². The summed E-state index contributed by atoms with van der Waals surface area (Å²) in [6.07, 6.45) is 11.4. The SMILES string of the molecule is CCCC/C=C/OC(=O)[C@@H](C)c1cc2cc(C(=O)O)ccc2c([C@H](C)C(=O)O/C=C/CCCC)c1C(=O)O. The molecule has 38 heavy (non-hydrogen) atoms. The van der Waals surface area contributed by atoms with Crippen LogP contribution in [0.25, 0.3) is 10.8 Å². The Bertz CT molecular complexity index is 1220. The fraction of sp³-hybridized carbons (Fsp3) is 0.400. The van der Waals surface area contributed by atoms with Crippen molar-refractivity contribution in [2.24, 2.45) is 0 Å². The summed E-state index contributed by atoms with van der Waals surface area (Å²) in [5.41, 5.74) is 0.0414. The fourth-order valence-corrected chi connectivity index (χ4v) is 4.08. The molecule has 2 N–H and O–H groups in total. The van der Waals surface area contributed by atoms with E-state index in [1.165, 1.54) is 50.6 Å². The Balaban J connectivity index is 2.62. The van der Waals surface area contributed by atoms with Crippen molar-refractivity contribution in [3.63, 3.8) is 0 Å². The number of carboxylic acid groups (broad SMARTS) is 2. The molecule has 0 saturated carbocycles. The number of unbranched alkanes of at least 4 members (excludes halogenated alkanes) is 4. The molecule has 8 nitrogen and oxygen atoms in total. The lowest BCUT2D eigenvalue weighted by Gasteiger charge is -2.21. The molecule has 8 heteroatoms. The first-order valence-corrected chi connectivity index (χ1v) is 12.9. The molecule has 0 fully saturated rings. The molecule has 2 aromatic rings. The summed E-state index contributed by atoms with van der Waals surface area (Å²) in [6, 6.07) is 5.69. The Labute approximate surface area is 222 Å². The van der Waals surface area contributed by atoms with E-state index < -0.39 is 35.7 Å². The van der Waals surface area contributed by atoms with Crippen molar-refractivity contribution in [2.75, 3.05) is 0 Å². The van der Waals surface area contributed by atoms with E-state index in [4.69, 9.17) is 9.47 Å². The first-order valence-electron chi connectivity index (χ1n) is 12.9. The Morgan fingerprint density at radius 1 is 0.816 bits per heavy atom. The largest absolute Gasteiger partial charge is 0.478 e. The van der Waals surface area contributed by atoms with Crippen LogP contribution in [0.1, 0.15) is 110 Å². The highest BCUT2D eigenvalue weighted by Gasteiger charge is 2.31.